The molecule has 0 fully saturated rings. The number of hydrogen-bond donors (Lipinski definition) is 0. The minimum atomic E-state index is 0.873. The van der Waals surface area contributed by atoms with Crippen molar-refractivity contribution in [3.63, 3.8) is 0 Å². The second-order valence-corrected chi connectivity index (χ2v) is 17.1. The Hall–Kier alpha value is -7.92. The van der Waals surface area contributed by atoms with E-state index in [2.05, 4.69) is 228 Å². The number of para-hydroxylation sites is 2. The third kappa shape index (κ3) is 5.37. The van der Waals surface area contributed by atoms with Gasteiger partial charge in [-0.2, -0.15) is 0 Å². The van der Waals surface area contributed by atoms with E-state index < -0.39 is 0 Å². The van der Waals surface area contributed by atoms with Crippen LogP contribution < -0.4 is 4.90 Å². The molecule has 0 aliphatic rings. The largest absolute Gasteiger partial charge is 0.455 e. The summed E-state index contributed by atoms with van der Waals surface area (Å²) in [5.41, 5.74) is 13.1. The van der Waals surface area contributed by atoms with Gasteiger partial charge in [0, 0.05) is 64.3 Å². The Kier molecular flexibility index (Phi) is 7.78. The van der Waals surface area contributed by atoms with Crippen molar-refractivity contribution in [2.45, 2.75) is 0 Å². The van der Waals surface area contributed by atoms with Crippen molar-refractivity contribution >= 4 is 103 Å². The van der Waals surface area contributed by atoms with E-state index in [9.17, 15) is 0 Å². The zero-order valence-electron chi connectivity index (χ0n) is 33.5. The van der Waals surface area contributed by atoms with Gasteiger partial charge in [0.25, 0.3) is 0 Å². The summed E-state index contributed by atoms with van der Waals surface area (Å²) in [5, 5.41) is 9.71. The van der Waals surface area contributed by atoms with Crippen molar-refractivity contribution in [2.75, 3.05) is 4.90 Å². The molecule has 3 aromatic heterocycles. The van der Waals surface area contributed by atoms with Gasteiger partial charge in [0.15, 0.2) is 0 Å². The van der Waals surface area contributed by atoms with E-state index in [1.807, 2.05) is 11.3 Å². The summed E-state index contributed by atoms with van der Waals surface area (Å²) < 4.78 is 11.8. The molecular weight excluding hydrogens is 773 g/mol. The van der Waals surface area contributed by atoms with Gasteiger partial charge in [0.2, 0.25) is 0 Å². The average molecular weight is 809 g/mol. The van der Waals surface area contributed by atoms with Gasteiger partial charge in [-0.1, -0.05) is 146 Å². The summed E-state index contributed by atoms with van der Waals surface area (Å²) in [6.07, 6.45) is 0. The van der Waals surface area contributed by atoms with Crippen molar-refractivity contribution in [3.8, 4) is 27.9 Å². The van der Waals surface area contributed by atoms with E-state index in [1.165, 1.54) is 58.3 Å². The maximum absolute atomic E-state index is 6.79. The SMILES string of the molecule is c1ccc(-c2ccc(N(c3ccc(-c4ccc5c6ccc7ccccc7c6n(-c6ccccc6)c5c4)cc3)c3ccc4sc5ccccc5c4c3)c3c2oc2ccccc23)cc1. The third-order valence-corrected chi connectivity index (χ3v) is 13.7. The van der Waals surface area contributed by atoms with Crippen LogP contribution in [0.25, 0.3) is 103 Å². The van der Waals surface area contributed by atoms with Crippen LogP contribution in [-0.2, 0) is 0 Å². The fourth-order valence-corrected chi connectivity index (χ4v) is 10.8. The molecule has 0 atom stereocenters. The highest BCUT2D eigenvalue weighted by molar-refractivity contribution is 7.25. The molecule has 0 radical (unpaired) electrons. The number of fused-ring (bicyclic) bond motifs is 11. The number of nitrogens with zero attached hydrogens (tertiary/aromatic N) is 2. The van der Waals surface area contributed by atoms with Crippen LogP contribution in [0.1, 0.15) is 0 Å². The molecule has 62 heavy (non-hydrogen) atoms. The van der Waals surface area contributed by atoms with Crippen LogP contribution in [0.15, 0.2) is 223 Å². The van der Waals surface area contributed by atoms with Gasteiger partial charge in [-0.15, -0.1) is 11.3 Å². The first-order valence-electron chi connectivity index (χ1n) is 21.1. The fraction of sp³-hybridized carbons (Fsp3) is 0. The van der Waals surface area contributed by atoms with Gasteiger partial charge in [0.1, 0.15) is 11.2 Å². The van der Waals surface area contributed by atoms with Crippen molar-refractivity contribution < 1.29 is 4.42 Å². The Bertz CT molecular complexity index is 3860. The van der Waals surface area contributed by atoms with Crippen LogP contribution in [0, 0.1) is 0 Å². The lowest BCUT2D eigenvalue weighted by Gasteiger charge is -2.27. The average Bonchev–Trinajstić information content (AvgIpc) is 4.02. The molecule has 0 amide bonds. The Labute approximate surface area is 361 Å². The number of hydrogen-bond acceptors (Lipinski definition) is 3. The van der Waals surface area contributed by atoms with E-state index >= 15 is 0 Å². The Morgan fingerprint density at radius 3 is 1.95 bits per heavy atom. The maximum Gasteiger partial charge on any atom is 0.145 e. The molecule has 0 unspecified atom stereocenters. The topological polar surface area (TPSA) is 21.3 Å². The standard InChI is InChI=1S/C58H36N2OS/c1-3-13-38(14-4-1)45-32-33-51(56-49-20-9-11-21-53(49)61-58(45)56)59(43-29-34-55-50(36-43)47-19-10-12-22-54(47)62-55)42-27-23-37(24-28-42)40-26-30-46-48-31-25-39-15-7-8-18-44(39)57(48)60(52(46)35-40)41-16-5-2-6-17-41/h1-36H. The van der Waals surface area contributed by atoms with Crippen LogP contribution in [-0.4, -0.2) is 4.57 Å². The lowest BCUT2D eigenvalue weighted by Crippen LogP contribution is -2.10. The predicted molar refractivity (Wildman–Crippen MR) is 264 cm³/mol. The van der Waals surface area contributed by atoms with Gasteiger partial charge in [0.05, 0.1) is 22.1 Å². The first-order valence-corrected chi connectivity index (χ1v) is 21.9. The second-order valence-electron chi connectivity index (χ2n) is 16.0. The lowest BCUT2D eigenvalue weighted by molar-refractivity contribution is 0.670. The van der Waals surface area contributed by atoms with E-state index in [0.29, 0.717) is 0 Å². The molecule has 0 spiro atoms. The predicted octanol–water partition coefficient (Wildman–Crippen LogP) is 17.0. The quantitative estimate of drug-likeness (QED) is 0.167. The molecule has 0 aliphatic heterocycles. The lowest BCUT2D eigenvalue weighted by atomic mass is 9.99. The molecule has 13 rings (SSSR count). The molecule has 0 bridgehead atoms. The van der Waals surface area contributed by atoms with Crippen molar-refractivity contribution in [1.29, 1.82) is 0 Å². The minimum absolute atomic E-state index is 0.873. The normalized spacial score (nSPS) is 11.9. The molecule has 0 saturated heterocycles. The molecule has 10 aromatic carbocycles. The molecule has 290 valence electrons. The van der Waals surface area contributed by atoms with Crippen LogP contribution in [0.5, 0.6) is 0 Å². The summed E-state index contributed by atoms with van der Waals surface area (Å²) in [7, 11) is 0. The van der Waals surface area contributed by atoms with Gasteiger partial charge >= 0.3 is 0 Å². The van der Waals surface area contributed by atoms with Gasteiger partial charge in [-0.25, -0.2) is 0 Å². The molecule has 3 heterocycles. The monoisotopic (exact) mass is 808 g/mol. The van der Waals surface area contributed by atoms with E-state index in [1.54, 1.807) is 0 Å². The van der Waals surface area contributed by atoms with Gasteiger partial charge in [-0.3, -0.25) is 0 Å². The molecular formula is C58H36N2OS. The van der Waals surface area contributed by atoms with Crippen LogP contribution in [0.4, 0.5) is 17.1 Å². The third-order valence-electron chi connectivity index (χ3n) is 12.6. The van der Waals surface area contributed by atoms with Crippen LogP contribution in [0.3, 0.4) is 0 Å². The van der Waals surface area contributed by atoms with Crippen molar-refractivity contribution in [1.82, 2.24) is 4.57 Å². The fourth-order valence-electron chi connectivity index (χ4n) is 9.73. The molecule has 0 aliphatic carbocycles. The van der Waals surface area contributed by atoms with E-state index in [-0.39, 0.29) is 0 Å². The van der Waals surface area contributed by atoms with Gasteiger partial charge in [-0.05, 0) is 94.9 Å². The Morgan fingerprint density at radius 1 is 0.419 bits per heavy atom. The summed E-state index contributed by atoms with van der Waals surface area (Å²) in [6.45, 7) is 0. The maximum atomic E-state index is 6.79. The smallest absolute Gasteiger partial charge is 0.145 e. The van der Waals surface area contributed by atoms with Crippen molar-refractivity contribution in [2.24, 2.45) is 0 Å². The highest BCUT2D eigenvalue weighted by Crippen LogP contribution is 2.48. The van der Waals surface area contributed by atoms with E-state index in [4.69, 9.17) is 4.42 Å². The molecule has 13 aromatic rings. The number of benzene rings is 10. The minimum Gasteiger partial charge on any atom is -0.455 e. The highest BCUT2D eigenvalue weighted by atomic mass is 32.1. The number of furan rings is 1. The first-order chi connectivity index (χ1) is 30.7. The number of aromatic nitrogens is 1. The molecule has 0 N–H and O–H groups in total. The molecule has 0 saturated carbocycles. The Balaban J connectivity index is 1.01. The van der Waals surface area contributed by atoms with Crippen LogP contribution in [0.2, 0.25) is 0 Å². The zero-order valence-corrected chi connectivity index (χ0v) is 34.3. The number of anilines is 3. The highest BCUT2D eigenvalue weighted by Gasteiger charge is 2.23. The number of rotatable bonds is 6. The number of thiophene rings is 1. The molecule has 4 heteroatoms. The molecule has 3 nitrogen and oxygen atoms in total. The summed E-state index contributed by atoms with van der Waals surface area (Å²) >= 11 is 1.85. The van der Waals surface area contributed by atoms with Crippen molar-refractivity contribution in [3.05, 3.63) is 218 Å². The van der Waals surface area contributed by atoms with E-state index in [0.717, 1.165) is 61.4 Å². The Morgan fingerprint density at radius 2 is 1.10 bits per heavy atom. The first kappa shape index (κ1) is 34.9. The van der Waals surface area contributed by atoms with Crippen LogP contribution >= 0.6 is 11.3 Å². The summed E-state index contributed by atoms with van der Waals surface area (Å²) in [5.74, 6) is 0. The zero-order chi connectivity index (χ0) is 40.7. The van der Waals surface area contributed by atoms with Gasteiger partial charge < -0.3 is 13.9 Å². The summed E-state index contributed by atoms with van der Waals surface area (Å²) in [4.78, 5) is 2.41. The summed E-state index contributed by atoms with van der Waals surface area (Å²) in [6, 6.07) is 79.2. The second kappa shape index (κ2) is 13.8.